The highest BCUT2D eigenvalue weighted by atomic mass is 16.1. The molecule has 4 heteroatoms. The van der Waals surface area contributed by atoms with Crippen LogP contribution < -0.4 is 10.6 Å². The lowest BCUT2D eigenvalue weighted by Crippen LogP contribution is -2.21. The second-order valence-electron chi connectivity index (χ2n) is 6.30. The van der Waals surface area contributed by atoms with Crippen LogP contribution in [0, 0.1) is 19.8 Å². The van der Waals surface area contributed by atoms with Crippen molar-refractivity contribution < 1.29 is 4.79 Å². The highest BCUT2D eigenvalue weighted by molar-refractivity contribution is 5.99. The van der Waals surface area contributed by atoms with Gasteiger partial charge in [0.15, 0.2) is 0 Å². The van der Waals surface area contributed by atoms with E-state index in [1.165, 1.54) is 24.0 Å². The molecule has 1 amide bonds. The minimum atomic E-state index is -0.109. The molecule has 23 heavy (non-hydrogen) atoms. The number of anilines is 1. The van der Waals surface area contributed by atoms with Crippen LogP contribution in [0.15, 0.2) is 30.3 Å². The molecule has 4 nitrogen and oxygen atoms in total. The fourth-order valence-electron chi connectivity index (χ4n) is 2.54. The lowest BCUT2D eigenvalue weighted by molar-refractivity contribution is 0.0963. The van der Waals surface area contributed by atoms with Crippen molar-refractivity contribution in [3.63, 3.8) is 0 Å². The highest BCUT2D eigenvalue weighted by Crippen LogP contribution is 2.30. The molecule has 0 radical (unpaired) electrons. The quantitative estimate of drug-likeness (QED) is 0.888. The van der Waals surface area contributed by atoms with Crippen molar-refractivity contribution in [2.45, 2.75) is 26.7 Å². The van der Waals surface area contributed by atoms with E-state index in [0.717, 1.165) is 23.7 Å². The van der Waals surface area contributed by atoms with E-state index in [-0.39, 0.29) is 5.91 Å². The normalized spacial score (nSPS) is 13.7. The smallest absolute Gasteiger partial charge is 0.254 e. The number of benzene rings is 1. The van der Waals surface area contributed by atoms with Crippen LogP contribution in [0.2, 0.25) is 0 Å². The van der Waals surface area contributed by atoms with Crippen LogP contribution in [-0.2, 0) is 0 Å². The minimum absolute atomic E-state index is 0.109. The molecule has 0 saturated heterocycles. The predicted molar refractivity (Wildman–Crippen MR) is 93.8 cm³/mol. The Labute approximate surface area is 137 Å². The third kappa shape index (κ3) is 3.52. The lowest BCUT2D eigenvalue weighted by atomic mass is 10.0. The molecule has 0 spiro atoms. The summed E-state index contributed by atoms with van der Waals surface area (Å²) in [5.74, 6) is 1.29. The molecule has 1 aromatic carbocycles. The summed E-state index contributed by atoms with van der Waals surface area (Å²) in [7, 11) is 1.64. The highest BCUT2D eigenvalue weighted by Gasteiger charge is 2.22. The molecular formula is C19H23N3O. The van der Waals surface area contributed by atoms with Crippen molar-refractivity contribution in [2.75, 3.05) is 18.9 Å². The Kier molecular flexibility index (Phi) is 4.33. The number of carbonyl (C=O) groups is 1. The zero-order valence-corrected chi connectivity index (χ0v) is 13.9. The Morgan fingerprint density at radius 1 is 1.17 bits per heavy atom. The molecule has 1 aliphatic carbocycles. The van der Waals surface area contributed by atoms with Gasteiger partial charge in [-0.3, -0.25) is 4.79 Å². The van der Waals surface area contributed by atoms with Gasteiger partial charge in [-0.2, -0.15) is 0 Å². The average molecular weight is 309 g/mol. The van der Waals surface area contributed by atoms with E-state index in [4.69, 9.17) is 4.98 Å². The van der Waals surface area contributed by atoms with Gasteiger partial charge >= 0.3 is 0 Å². The van der Waals surface area contributed by atoms with Crippen molar-refractivity contribution in [3.8, 4) is 11.3 Å². The molecule has 0 bridgehead atoms. The Bertz CT molecular complexity index is 735. The van der Waals surface area contributed by atoms with Gasteiger partial charge < -0.3 is 10.6 Å². The van der Waals surface area contributed by atoms with E-state index < -0.39 is 0 Å². The fraction of sp³-hybridized carbons (Fsp3) is 0.368. The first-order valence-corrected chi connectivity index (χ1v) is 8.13. The van der Waals surface area contributed by atoms with Gasteiger partial charge in [-0.05, 0) is 61.9 Å². The Morgan fingerprint density at radius 3 is 2.61 bits per heavy atom. The van der Waals surface area contributed by atoms with Gasteiger partial charge in [-0.15, -0.1) is 0 Å². The van der Waals surface area contributed by atoms with Gasteiger partial charge in [0.05, 0.1) is 11.3 Å². The lowest BCUT2D eigenvalue weighted by Gasteiger charge is -2.12. The molecule has 0 unspecified atom stereocenters. The summed E-state index contributed by atoms with van der Waals surface area (Å²) in [4.78, 5) is 16.8. The maximum Gasteiger partial charge on any atom is 0.254 e. The number of pyridine rings is 1. The fourth-order valence-corrected chi connectivity index (χ4v) is 2.54. The van der Waals surface area contributed by atoms with E-state index in [9.17, 15) is 4.79 Å². The molecule has 2 N–H and O–H groups in total. The van der Waals surface area contributed by atoms with Crippen LogP contribution in [0.3, 0.4) is 0 Å². The van der Waals surface area contributed by atoms with Gasteiger partial charge in [0.1, 0.15) is 5.82 Å². The Balaban J connectivity index is 1.95. The first kappa shape index (κ1) is 15.5. The number of rotatable bonds is 5. The van der Waals surface area contributed by atoms with Crippen molar-refractivity contribution in [3.05, 3.63) is 47.0 Å². The Hall–Kier alpha value is -2.36. The number of aryl methyl sites for hydroxylation is 2. The molecule has 3 rings (SSSR count). The molecule has 0 aliphatic heterocycles. The summed E-state index contributed by atoms with van der Waals surface area (Å²) in [6, 6.07) is 10.1. The van der Waals surface area contributed by atoms with Crippen LogP contribution in [0.5, 0.6) is 0 Å². The molecule has 1 fully saturated rings. The van der Waals surface area contributed by atoms with Crippen molar-refractivity contribution in [1.82, 2.24) is 10.3 Å². The first-order chi connectivity index (χ1) is 11.1. The largest absolute Gasteiger partial charge is 0.369 e. The third-order valence-electron chi connectivity index (χ3n) is 4.42. The van der Waals surface area contributed by atoms with Gasteiger partial charge in [0, 0.05) is 19.2 Å². The summed E-state index contributed by atoms with van der Waals surface area (Å²) in [6.45, 7) is 5.08. The van der Waals surface area contributed by atoms with E-state index in [2.05, 4.69) is 42.7 Å². The van der Waals surface area contributed by atoms with E-state index >= 15 is 0 Å². The predicted octanol–water partition coefficient (Wildman–Crippen LogP) is 3.55. The van der Waals surface area contributed by atoms with Crippen LogP contribution in [-0.4, -0.2) is 24.5 Å². The maximum atomic E-state index is 12.1. The third-order valence-corrected chi connectivity index (χ3v) is 4.42. The average Bonchev–Trinajstić information content (AvgIpc) is 3.39. The summed E-state index contributed by atoms with van der Waals surface area (Å²) >= 11 is 0. The number of carbonyl (C=O) groups excluding carboxylic acids is 1. The van der Waals surface area contributed by atoms with Crippen LogP contribution in [0.1, 0.15) is 34.3 Å². The second-order valence-corrected chi connectivity index (χ2v) is 6.30. The zero-order valence-electron chi connectivity index (χ0n) is 13.9. The van der Waals surface area contributed by atoms with E-state index in [1.54, 1.807) is 7.05 Å². The molecule has 1 aromatic heterocycles. The Morgan fingerprint density at radius 2 is 1.96 bits per heavy atom. The van der Waals surface area contributed by atoms with Gasteiger partial charge in [0.2, 0.25) is 0 Å². The molecule has 0 atom stereocenters. The summed E-state index contributed by atoms with van der Waals surface area (Å²) in [5, 5.41) is 6.04. The van der Waals surface area contributed by atoms with Gasteiger partial charge in [-0.25, -0.2) is 4.98 Å². The van der Waals surface area contributed by atoms with Crippen molar-refractivity contribution in [2.24, 2.45) is 5.92 Å². The summed E-state index contributed by atoms with van der Waals surface area (Å²) in [5.41, 5.74) is 5.07. The molecule has 1 heterocycles. The first-order valence-electron chi connectivity index (χ1n) is 8.13. The van der Waals surface area contributed by atoms with E-state index in [0.29, 0.717) is 11.4 Å². The zero-order chi connectivity index (χ0) is 16.4. The minimum Gasteiger partial charge on any atom is -0.369 e. The topological polar surface area (TPSA) is 54.0 Å². The number of hydrogen-bond acceptors (Lipinski definition) is 3. The van der Waals surface area contributed by atoms with Crippen molar-refractivity contribution >= 4 is 11.7 Å². The van der Waals surface area contributed by atoms with Crippen LogP contribution >= 0.6 is 0 Å². The molecular weight excluding hydrogens is 286 g/mol. The number of hydrogen-bond donors (Lipinski definition) is 2. The standard InChI is InChI=1S/C19H23N3O/c1-12-4-7-15(10-13(12)2)17-9-8-16(19(23)20-3)18(22-17)21-11-14-5-6-14/h4,7-10,14H,5-6,11H2,1-3H3,(H,20,23)(H,21,22). The summed E-state index contributed by atoms with van der Waals surface area (Å²) in [6.07, 6.45) is 2.53. The second kappa shape index (κ2) is 6.41. The van der Waals surface area contributed by atoms with Crippen molar-refractivity contribution in [1.29, 1.82) is 0 Å². The molecule has 2 aromatic rings. The van der Waals surface area contributed by atoms with Crippen LogP contribution in [0.4, 0.5) is 5.82 Å². The number of nitrogens with zero attached hydrogens (tertiary/aromatic N) is 1. The monoisotopic (exact) mass is 309 g/mol. The molecule has 120 valence electrons. The molecule has 1 aliphatic rings. The maximum absolute atomic E-state index is 12.1. The van der Waals surface area contributed by atoms with E-state index in [1.807, 2.05) is 12.1 Å². The molecule has 1 saturated carbocycles. The number of aromatic nitrogens is 1. The van der Waals surface area contributed by atoms with Gasteiger partial charge in [-0.1, -0.05) is 12.1 Å². The van der Waals surface area contributed by atoms with Gasteiger partial charge in [0.25, 0.3) is 5.91 Å². The van der Waals surface area contributed by atoms with Crippen LogP contribution in [0.25, 0.3) is 11.3 Å². The SMILES string of the molecule is CNC(=O)c1ccc(-c2ccc(C)c(C)c2)nc1NCC1CC1. The summed E-state index contributed by atoms with van der Waals surface area (Å²) < 4.78 is 0. The number of amides is 1. The number of nitrogens with one attached hydrogen (secondary N) is 2.